The van der Waals surface area contributed by atoms with Gasteiger partial charge in [-0.1, -0.05) is 46.4 Å². The fraction of sp³-hybridized carbons (Fsp3) is 0.0833. The van der Waals surface area contributed by atoms with Gasteiger partial charge in [0.05, 0.1) is 15.1 Å². The molecule has 0 bridgehead atoms. The van der Waals surface area contributed by atoms with Gasteiger partial charge in [-0.3, -0.25) is 0 Å². The van der Waals surface area contributed by atoms with Crippen LogP contribution in [0.4, 0.5) is 5.82 Å². The van der Waals surface area contributed by atoms with Crippen LogP contribution < -0.4 is 10.1 Å². The quantitative estimate of drug-likeness (QED) is 0.799. The first kappa shape index (κ1) is 14.5. The maximum absolute atomic E-state index is 6.02. The lowest BCUT2D eigenvalue weighted by atomic mass is 10.3. The fourth-order valence-corrected chi connectivity index (χ4v) is 2.13. The summed E-state index contributed by atoms with van der Waals surface area (Å²) in [7, 11) is 1.70. The molecule has 3 nitrogen and oxygen atoms in total. The molecule has 0 aliphatic rings. The van der Waals surface area contributed by atoms with Crippen molar-refractivity contribution in [1.82, 2.24) is 4.98 Å². The second-order valence-electron chi connectivity index (χ2n) is 3.53. The van der Waals surface area contributed by atoms with Crippen LogP contribution in [0.1, 0.15) is 0 Å². The molecule has 0 saturated carbocycles. The summed E-state index contributed by atoms with van der Waals surface area (Å²) in [6.07, 6.45) is 0. The minimum atomic E-state index is 0.230. The molecule has 7 heteroatoms. The summed E-state index contributed by atoms with van der Waals surface area (Å²) in [5.74, 6) is 1.18. The normalized spacial score (nSPS) is 10.4. The van der Waals surface area contributed by atoms with Gasteiger partial charge in [0.1, 0.15) is 16.6 Å². The van der Waals surface area contributed by atoms with E-state index in [1.165, 1.54) is 0 Å². The lowest BCUT2D eigenvalue weighted by molar-refractivity contribution is 0.464. The number of nitrogens with zero attached hydrogens (tertiary/aromatic N) is 1. The Morgan fingerprint density at radius 2 is 1.68 bits per heavy atom. The van der Waals surface area contributed by atoms with Crippen LogP contribution in [-0.2, 0) is 0 Å². The summed E-state index contributed by atoms with van der Waals surface area (Å²) in [6.45, 7) is 0. The minimum Gasteiger partial charge on any atom is -0.437 e. The van der Waals surface area contributed by atoms with E-state index in [4.69, 9.17) is 51.1 Å². The molecular weight excluding hydrogens is 330 g/mol. The molecule has 0 fully saturated rings. The number of pyridine rings is 1. The number of halogens is 4. The van der Waals surface area contributed by atoms with Gasteiger partial charge in [0.25, 0.3) is 0 Å². The van der Waals surface area contributed by atoms with Crippen molar-refractivity contribution in [3.8, 4) is 11.6 Å². The van der Waals surface area contributed by atoms with E-state index in [0.29, 0.717) is 31.7 Å². The molecule has 0 amide bonds. The summed E-state index contributed by atoms with van der Waals surface area (Å²) < 4.78 is 5.56. The number of aromatic nitrogens is 1. The van der Waals surface area contributed by atoms with Gasteiger partial charge in [0.15, 0.2) is 0 Å². The van der Waals surface area contributed by atoms with Crippen LogP contribution in [0.5, 0.6) is 11.6 Å². The molecule has 1 aromatic heterocycles. The highest BCUT2D eigenvalue weighted by atomic mass is 35.5. The van der Waals surface area contributed by atoms with Gasteiger partial charge in [0, 0.05) is 13.1 Å². The Balaban J connectivity index is 2.34. The summed E-state index contributed by atoms with van der Waals surface area (Å²) >= 11 is 23.7. The second-order valence-corrected chi connectivity index (χ2v) is 5.16. The Morgan fingerprint density at radius 3 is 2.32 bits per heavy atom. The van der Waals surface area contributed by atoms with E-state index in [0.717, 1.165) is 0 Å². The second kappa shape index (κ2) is 6.06. The molecule has 1 heterocycles. The van der Waals surface area contributed by atoms with E-state index in [1.807, 2.05) is 0 Å². The topological polar surface area (TPSA) is 34.2 Å². The van der Waals surface area contributed by atoms with Crippen LogP contribution in [0, 0.1) is 0 Å². The molecule has 1 aromatic carbocycles. The maximum Gasteiger partial charge on any atom is 0.240 e. The number of anilines is 1. The first-order valence-electron chi connectivity index (χ1n) is 5.18. The molecule has 19 heavy (non-hydrogen) atoms. The third-order valence-electron chi connectivity index (χ3n) is 2.24. The standard InChI is InChI=1S/C12H8Cl4N2O/c1-17-11-9(15)5-10(16)12(18-11)19-6-2-3-7(13)8(14)4-6/h2-5H,1H3,(H,17,18). The fourth-order valence-electron chi connectivity index (χ4n) is 1.35. The highest BCUT2D eigenvalue weighted by molar-refractivity contribution is 6.42. The molecule has 2 aromatic rings. The molecule has 0 saturated heterocycles. The Labute approximate surface area is 130 Å². The zero-order chi connectivity index (χ0) is 14.0. The number of nitrogens with one attached hydrogen (secondary N) is 1. The van der Waals surface area contributed by atoms with Crippen LogP contribution in [0.25, 0.3) is 0 Å². The molecule has 0 radical (unpaired) electrons. The largest absolute Gasteiger partial charge is 0.437 e. The molecule has 1 N–H and O–H groups in total. The molecule has 0 atom stereocenters. The van der Waals surface area contributed by atoms with Crippen LogP contribution in [0.2, 0.25) is 20.1 Å². The van der Waals surface area contributed by atoms with E-state index in [1.54, 1.807) is 31.3 Å². The van der Waals surface area contributed by atoms with Gasteiger partial charge >= 0.3 is 0 Å². The minimum absolute atomic E-state index is 0.230. The van der Waals surface area contributed by atoms with Crippen molar-refractivity contribution in [2.75, 3.05) is 12.4 Å². The average molecular weight is 338 g/mol. The van der Waals surface area contributed by atoms with Gasteiger partial charge in [-0.2, -0.15) is 4.98 Å². The van der Waals surface area contributed by atoms with Gasteiger partial charge in [0.2, 0.25) is 5.88 Å². The SMILES string of the molecule is CNc1nc(Oc2ccc(Cl)c(Cl)c2)c(Cl)cc1Cl. The number of benzene rings is 1. The van der Waals surface area contributed by atoms with E-state index < -0.39 is 0 Å². The Hall–Kier alpha value is -0.870. The molecule has 0 spiro atoms. The average Bonchev–Trinajstić information content (AvgIpc) is 2.37. The summed E-state index contributed by atoms with van der Waals surface area (Å²) in [4.78, 5) is 4.16. The first-order valence-corrected chi connectivity index (χ1v) is 6.69. The lowest BCUT2D eigenvalue weighted by Crippen LogP contribution is -1.96. The van der Waals surface area contributed by atoms with Crippen LogP contribution in [0.15, 0.2) is 24.3 Å². The van der Waals surface area contributed by atoms with Crippen molar-refractivity contribution >= 4 is 52.2 Å². The van der Waals surface area contributed by atoms with Crippen molar-refractivity contribution in [2.24, 2.45) is 0 Å². The van der Waals surface area contributed by atoms with Crippen molar-refractivity contribution < 1.29 is 4.74 Å². The molecule has 0 unspecified atom stereocenters. The van der Waals surface area contributed by atoms with Gasteiger partial charge < -0.3 is 10.1 Å². The number of hydrogen-bond acceptors (Lipinski definition) is 3. The van der Waals surface area contributed by atoms with Crippen molar-refractivity contribution in [2.45, 2.75) is 0 Å². The van der Waals surface area contributed by atoms with E-state index in [2.05, 4.69) is 10.3 Å². The van der Waals surface area contributed by atoms with Crippen molar-refractivity contribution in [1.29, 1.82) is 0 Å². The Bertz CT molecular complexity index is 619. The molecule has 2 rings (SSSR count). The van der Waals surface area contributed by atoms with Crippen molar-refractivity contribution in [3.05, 3.63) is 44.4 Å². The van der Waals surface area contributed by atoms with Crippen molar-refractivity contribution in [3.63, 3.8) is 0 Å². The number of rotatable bonds is 3. The Kier molecular flexibility index (Phi) is 4.63. The number of ether oxygens (including phenoxy) is 1. The van der Waals surface area contributed by atoms with E-state index in [-0.39, 0.29) is 5.88 Å². The van der Waals surface area contributed by atoms with Gasteiger partial charge in [-0.05, 0) is 18.2 Å². The van der Waals surface area contributed by atoms with E-state index >= 15 is 0 Å². The van der Waals surface area contributed by atoms with Gasteiger partial charge in [-0.25, -0.2) is 0 Å². The molecular formula is C12H8Cl4N2O. The Morgan fingerprint density at radius 1 is 0.947 bits per heavy atom. The van der Waals surface area contributed by atoms with Crippen LogP contribution in [-0.4, -0.2) is 12.0 Å². The van der Waals surface area contributed by atoms with Crippen LogP contribution in [0.3, 0.4) is 0 Å². The summed E-state index contributed by atoms with van der Waals surface area (Å²) in [6, 6.07) is 6.42. The molecule has 100 valence electrons. The predicted octanol–water partition coefficient (Wildman–Crippen LogP) is 5.53. The molecule has 0 aliphatic carbocycles. The molecule has 0 aliphatic heterocycles. The zero-order valence-electron chi connectivity index (χ0n) is 9.68. The maximum atomic E-state index is 6.02. The monoisotopic (exact) mass is 336 g/mol. The van der Waals surface area contributed by atoms with Gasteiger partial charge in [-0.15, -0.1) is 0 Å². The highest BCUT2D eigenvalue weighted by Gasteiger charge is 2.11. The first-order chi connectivity index (χ1) is 9.01. The van der Waals surface area contributed by atoms with Crippen LogP contribution >= 0.6 is 46.4 Å². The summed E-state index contributed by atoms with van der Waals surface area (Å²) in [5, 5.41) is 4.38. The van der Waals surface area contributed by atoms with E-state index in [9.17, 15) is 0 Å². The summed E-state index contributed by atoms with van der Waals surface area (Å²) in [5.41, 5.74) is 0. The lowest BCUT2D eigenvalue weighted by Gasteiger charge is -2.10. The third kappa shape index (κ3) is 3.37. The smallest absolute Gasteiger partial charge is 0.240 e. The predicted molar refractivity (Wildman–Crippen MR) is 80.3 cm³/mol. The third-order valence-corrected chi connectivity index (χ3v) is 3.54. The zero-order valence-corrected chi connectivity index (χ0v) is 12.7. The number of hydrogen-bond donors (Lipinski definition) is 1. The highest BCUT2D eigenvalue weighted by Crippen LogP contribution is 2.35.